The van der Waals surface area contributed by atoms with Gasteiger partial charge < -0.3 is 4.74 Å². The minimum absolute atomic E-state index is 0.256. The van der Waals surface area contributed by atoms with Crippen molar-refractivity contribution in [2.45, 2.75) is 6.42 Å². The molecule has 0 aliphatic heterocycles. The molecule has 2 rings (SSSR count). The number of benzene rings is 2. The van der Waals surface area contributed by atoms with Crippen LogP contribution >= 0.6 is 0 Å². The number of hydrogen-bond acceptors (Lipinski definition) is 3. The van der Waals surface area contributed by atoms with Crippen LogP contribution in [0.3, 0.4) is 0 Å². The third-order valence-electron chi connectivity index (χ3n) is 2.93. The molecule has 0 spiro atoms. The van der Waals surface area contributed by atoms with E-state index in [1.165, 1.54) is 7.11 Å². The van der Waals surface area contributed by atoms with Gasteiger partial charge in [-0.3, -0.25) is 9.59 Å². The molecule has 2 aromatic carbocycles. The second kappa shape index (κ2) is 5.96. The molecule has 0 saturated carbocycles. The zero-order valence-corrected chi connectivity index (χ0v) is 10.6. The maximum Gasteiger partial charge on any atom is 0.309 e. The molecule has 0 radical (unpaired) electrons. The maximum atomic E-state index is 11.2. The highest BCUT2D eigenvalue weighted by atomic mass is 16.5. The number of aldehydes is 1. The van der Waals surface area contributed by atoms with Crippen molar-refractivity contribution in [2.24, 2.45) is 0 Å². The number of methoxy groups -OCH3 is 1. The molecule has 0 atom stereocenters. The first-order chi connectivity index (χ1) is 9.24. The van der Waals surface area contributed by atoms with E-state index in [1.807, 2.05) is 42.5 Å². The lowest BCUT2D eigenvalue weighted by Gasteiger charge is -2.06. The average molecular weight is 254 g/mol. The summed E-state index contributed by atoms with van der Waals surface area (Å²) in [6.07, 6.45) is 1.10. The van der Waals surface area contributed by atoms with Crippen molar-refractivity contribution < 1.29 is 14.3 Å². The van der Waals surface area contributed by atoms with Crippen LogP contribution in [0.1, 0.15) is 15.9 Å². The van der Waals surface area contributed by atoms with Crippen molar-refractivity contribution in [3.63, 3.8) is 0 Å². The van der Waals surface area contributed by atoms with Gasteiger partial charge in [0.15, 0.2) is 6.29 Å². The molecule has 0 unspecified atom stereocenters. The minimum Gasteiger partial charge on any atom is -0.469 e. The highest BCUT2D eigenvalue weighted by molar-refractivity contribution is 5.87. The first kappa shape index (κ1) is 13.0. The van der Waals surface area contributed by atoms with Gasteiger partial charge >= 0.3 is 5.97 Å². The zero-order valence-electron chi connectivity index (χ0n) is 10.6. The van der Waals surface area contributed by atoms with E-state index in [2.05, 4.69) is 4.74 Å². The SMILES string of the molecule is COC(=O)Cc1ccc(-c2ccccc2C=O)cc1. The number of ether oxygens (including phenoxy) is 1. The number of esters is 1. The molecule has 0 fully saturated rings. The predicted molar refractivity (Wildman–Crippen MR) is 73.0 cm³/mol. The van der Waals surface area contributed by atoms with Gasteiger partial charge in [0.05, 0.1) is 13.5 Å². The number of rotatable bonds is 4. The van der Waals surface area contributed by atoms with Crippen molar-refractivity contribution in [1.29, 1.82) is 0 Å². The van der Waals surface area contributed by atoms with Crippen LogP contribution in [0.2, 0.25) is 0 Å². The van der Waals surface area contributed by atoms with Gasteiger partial charge in [0.1, 0.15) is 0 Å². The second-order valence-electron chi connectivity index (χ2n) is 4.15. The van der Waals surface area contributed by atoms with E-state index in [4.69, 9.17) is 0 Å². The fourth-order valence-electron chi connectivity index (χ4n) is 1.90. The van der Waals surface area contributed by atoms with Gasteiger partial charge in [-0.05, 0) is 16.7 Å². The molecule has 0 N–H and O–H groups in total. The van der Waals surface area contributed by atoms with Crippen molar-refractivity contribution in [1.82, 2.24) is 0 Å². The molecule has 96 valence electrons. The third-order valence-corrected chi connectivity index (χ3v) is 2.93. The number of carbonyl (C=O) groups is 2. The van der Waals surface area contributed by atoms with Gasteiger partial charge in [0.25, 0.3) is 0 Å². The summed E-state index contributed by atoms with van der Waals surface area (Å²) in [5, 5.41) is 0. The monoisotopic (exact) mass is 254 g/mol. The average Bonchev–Trinajstić information content (AvgIpc) is 2.48. The van der Waals surface area contributed by atoms with Crippen LogP contribution in [-0.2, 0) is 16.0 Å². The Labute approximate surface area is 111 Å². The molecule has 0 aliphatic rings. The van der Waals surface area contributed by atoms with E-state index in [-0.39, 0.29) is 12.4 Å². The van der Waals surface area contributed by atoms with Gasteiger partial charge in [0, 0.05) is 5.56 Å². The standard InChI is InChI=1S/C16H14O3/c1-19-16(18)10-12-6-8-13(9-7-12)15-5-3-2-4-14(15)11-17/h2-9,11H,10H2,1H3. The summed E-state index contributed by atoms with van der Waals surface area (Å²) >= 11 is 0. The highest BCUT2D eigenvalue weighted by Crippen LogP contribution is 2.23. The Morgan fingerprint density at radius 1 is 1.11 bits per heavy atom. The largest absolute Gasteiger partial charge is 0.469 e. The molecule has 0 heterocycles. The fourth-order valence-corrected chi connectivity index (χ4v) is 1.90. The van der Waals surface area contributed by atoms with Crippen LogP contribution in [0.25, 0.3) is 11.1 Å². The van der Waals surface area contributed by atoms with Crippen molar-refractivity contribution in [3.8, 4) is 11.1 Å². The Morgan fingerprint density at radius 3 is 2.42 bits per heavy atom. The van der Waals surface area contributed by atoms with E-state index >= 15 is 0 Å². The number of carbonyl (C=O) groups excluding carboxylic acids is 2. The van der Waals surface area contributed by atoms with Gasteiger partial charge in [-0.2, -0.15) is 0 Å². The smallest absolute Gasteiger partial charge is 0.309 e. The van der Waals surface area contributed by atoms with E-state index in [1.54, 1.807) is 6.07 Å². The first-order valence-electron chi connectivity index (χ1n) is 5.95. The molecular formula is C16H14O3. The van der Waals surface area contributed by atoms with Gasteiger partial charge in [0.2, 0.25) is 0 Å². The molecule has 19 heavy (non-hydrogen) atoms. The lowest BCUT2D eigenvalue weighted by atomic mass is 9.99. The zero-order chi connectivity index (χ0) is 13.7. The first-order valence-corrected chi connectivity index (χ1v) is 5.95. The van der Waals surface area contributed by atoms with Gasteiger partial charge in [-0.15, -0.1) is 0 Å². The van der Waals surface area contributed by atoms with Crippen LogP contribution in [-0.4, -0.2) is 19.4 Å². The maximum absolute atomic E-state index is 11.2. The second-order valence-corrected chi connectivity index (χ2v) is 4.15. The summed E-state index contributed by atoms with van der Waals surface area (Å²) in [7, 11) is 1.37. The quantitative estimate of drug-likeness (QED) is 0.622. The lowest BCUT2D eigenvalue weighted by Crippen LogP contribution is -2.04. The summed E-state index contributed by atoms with van der Waals surface area (Å²) in [6.45, 7) is 0. The van der Waals surface area contributed by atoms with Crippen LogP contribution in [0, 0.1) is 0 Å². The molecule has 0 amide bonds. The molecule has 0 aliphatic carbocycles. The lowest BCUT2D eigenvalue weighted by molar-refractivity contribution is -0.139. The van der Waals surface area contributed by atoms with E-state index in [0.29, 0.717) is 5.56 Å². The van der Waals surface area contributed by atoms with E-state index in [0.717, 1.165) is 23.0 Å². The summed E-state index contributed by atoms with van der Waals surface area (Å²) in [6, 6.07) is 15.0. The molecule has 3 heteroatoms. The van der Waals surface area contributed by atoms with Crippen molar-refractivity contribution >= 4 is 12.3 Å². The Morgan fingerprint density at radius 2 is 1.79 bits per heavy atom. The summed E-state index contributed by atoms with van der Waals surface area (Å²) in [5.74, 6) is -0.263. The predicted octanol–water partition coefficient (Wildman–Crippen LogP) is 2.88. The normalized spacial score (nSPS) is 9.95. The summed E-state index contributed by atoms with van der Waals surface area (Å²) in [4.78, 5) is 22.2. The molecule has 2 aromatic rings. The Hall–Kier alpha value is -2.42. The molecular weight excluding hydrogens is 240 g/mol. The fraction of sp³-hybridized carbons (Fsp3) is 0.125. The molecule has 0 saturated heterocycles. The minimum atomic E-state index is -0.263. The highest BCUT2D eigenvalue weighted by Gasteiger charge is 2.05. The van der Waals surface area contributed by atoms with E-state index in [9.17, 15) is 9.59 Å². The Kier molecular flexibility index (Phi) is 4.08. The van der Waals surface area contributed by atoms with Crippen LogP contribution in [0.15, 0.2) is 48.5 Å². The Balaban J connectivity index is 2.27. The van der Waals surface area contributed by atoms with Gasteiger partial charge in [-0.1, -0.05) is 48.5 Å². The summed E-state index contributed by atoms with van der Waals surface area (Å²) in [5.41, 5.74) is 3.39. The van der Waals surface area contributed by atoms with Crippen LogP contribution < -0.4 is 0 Å². The van der Waals surface area contributed by atoms with E-state index < -0.39 is 0 Å². The molecule has 0 bridgehead atoms. The van der Waals surface area contributed by atoms with Crippen LogP contribution in [0.4, 0.5) is 0 Å². The van der Waals surface area contributed by atoms with Crippen molar-refractivity contribution in [2.75, 3.05) is 7.11 Å². The van der Waals surface area contributed by atoms with Crippen molar-refractivity contribution in [3.05, 3.63) is 59.7 Å². The topological polar surface area (TPSA) is 43.4 Å². The van der Waals surface area contributed by atoms with Gasteiger partial charge in [-0.25, -0.2) is 0 Å². The third kappa shape index (κ3) is 3.07. The van der Waals surface area contributed by atoms with Crippen LogP contribution in [0.5, 0.6) is 0 Å². The number of hydrogen-bond donors (Lipinski definition) is 0. The Bertz CT molecular complexity index is 585. The summed E-state index contributed by atoms with van der Waals surface area (Å²) < 4.78 is 4.62. The molecule has 3 nitrogen and oxygen atoms in total. The molecule has 0 aromatic heterocycles.